The van der Waals surface area contributed by atoms with E-state index in [1.807, 2.05) is 66.3 Å². The summed E-state index contributed by atoms with van der Waals surface area (Å²) in [6.45, 7) is 8.95. The lowest BCUT2D eigenvalue weighted by molar-refractivity contribution is -0.691. The lowest BCUT2D eigenvalue weighted by Gasteiger charge is -2.20. The normalized spacial score (nSPS) is 13.6. The maximum atomic E-state index is 13.1. The van der Waals surface area contributed by atoms with Crippen LogP contribution in [-0.2, 0) is 18.0 Å². The molecule has 1 heterocycles. The van der Waals surface area contributed by atoms with Crippen LogP contribution >= 0.6 is 0 Å². The summed E-state index contributed by atoms with van der Waals surface area (Å²) in [7, 11) is 0. The van der Waals surface area contributed by atoms with Gasteiger partial charge in [0.15, 0.2) is 12.4 Å². The third kappa shape index (κ3) is 4.26. The van der Waals surface area contributed by atoms with Gasteiger partial charge in [0.25, 0.3) is 0 Å². The number of benzene rings is 1. The van der Waals surface area contributed by atoms with Crippen LogP contribution < -0.4 is 4.57 Å². The number of ketones is 1. The molecule has 1 aromatic heterocycles. The summed E-state index contributed by atoms with van der Waals surface area (Å²) in [6.07, 6.45) is 3.70. The van der Waals surface area contributed by atoms with Crippen LogP contribution in [0.1, 0.15) is 49.7 Å². The molecule has 0 aliphatic heterocycles. The number of carbonyl (C=O) groups is 1. The molecule has 0 fully saturated rings. The van der Waals surface area contributed by atoms with Crippen LogP contribution in [0.15, 0.2) is 59.9 Å². The number of nitrogens with zero attached hydrogens (tertiary/aromatic N) is 2. The van der Waals surface area contributed by atoms with Crippen molar-refractivity contribution in [1.82, 2.24) is 0 Å². The standard InChI is InChI=1S/C20H24N2OS/c1-5-21-19(24)17(22-13-7-6-8-14-22)18(23)15-9-11-16(12-10-15)20(2,3)4/h6-14,17H,5H2,1-4H3. The number of hydrogen-bond donors (Lipinski definition) is 0. The number of pyridine rings is 1. The molecule has 0 saturated carbocycles. The Bertz CT molecular complexity index is 716. The van der Waals surface area contributed by atoms with Crippen LogP contribution in [0.5, 0.6) is 0 Å². The van der Waals surface area contributed by atoms with Crippen LogP contribution in [0.2, 0.25) is 0 Å². The Hall–Kier alpha value is -2.07. The molecule has 2 aromatic rings. The summed E-state index contributed by atoms with van der Waals surface area (Å²) in [5.41, 5.74) is 1.91. The van der Waals surface area contributed by atoms with Crippen molar-refractivity contribution in [3.8, 4) is 0 Å². The molecule has 0 aliphatic carbocycles. The third-order valence-corrected chi connectivity index (χ3v) is 4.22. The van der Waals surface area contributed by atoms with Gasteiger partial charge in [-0.2, -0.15) is 4.57 Å². The highest BCUT2D eigenvalue weighted by atomic mass is 32.1. The average Bonchev–Trinajstić information content (AvgIpc) is 2.55. The molecule has 0 aliphatic rings. The predicted molar refractivity (Wildman–Crippen MR) is 100 cm³/mol. The first kappa shape index (κ1) is 18.3. The monoisotopic (exact) mass is 340 g/mol. The fourth-order valence-corrected chi connectivity index (χ4v) is 2.85. The second-order valence-corrected chi connectivity index (χ2v) is 7.15. The zero-order valence-corrected chi connectivity index (χ0v) is 15.5. The number of Topliss-reactive ketones (excluding diaryl/α,β-unsaturated/α-hetero) is 1. The van der Waals surface area contributed by atoms with Crippen molar-refractivity contribution >= 4 is 23.5 Å². The van der Waals surface area contributed by atoms with E-state index in [1.54, 1.807) is 0 Å². The van der Waals surface area contributed by atoms with Crippen molar-refractivity contribution in [1.29, 1.82) is 0 Å². The fraction of sp³-hybridized carbons (Fsp3) is 0.350. The van der Waals surface area contributed by atoms with Gasteiger partial charge in [-0.1, -0.05) is 51.1 Å². The molecule has 0 saturated heterocycles. The lowest BCUT2D eigenvalue weighted by Crippen LogP contribution is -2.47. The molecule has 0 amide bonds. The zero-order chi connectivity index (χ0) is 17.7. The number of hydrogen-bond acceptors (Lipinski definition) is 3. The van der Waals surface area contributed by atoms with Crippen LogP contribution in [0.3, 0.4) is 0 Å². The van der Waals surface area contributed by atoms with E-state index >= 15 is 0 Å². The average molecular weight is 340 g/mol. The van der Waals surface area contributed by atoms with Crippen molar-refractivity contribution in [2.24, 2.45) is 4.99 Å². The van der Waals surface area contributed by atoms with Crippen LogP contribution in [0.4, 0.5) is 0 Å². The molecule has 1 aromatic carbocycles. The molecule has 4 heteroatoms. The van der Waals surface area contributed by atoms with Crippen molar-refractivity contribution in [3.63, 3.8) is 0 Å². The minimum absolute atomic E-state index is 0.0335. The minimum Gasteiger partial charge on any atom is -0.758 e. The molecule has 0 spiro atoms. The van der Waals surface area contributed by atoms with E-state index in [9.17, 15) is 4.79 Å². The lowest BCUT2D eigenvalue weighted by atomic mass is 9.86. The third-order valence-electron chi connectivity index (χ3n) is 3.87. The van der Waals surface area contributed by atoms with Crippen molar-refractivity contribution in [3.05, 3.63) is 66.0 Å². The maximum absolute atomic E-state index is 13.1. The highest BCUT2D eigenvalue weighted by Crippen LogP contribution is 2.23. The molecule has 1 atom stereocenters. The second kappa shape index (κ2) is 7.67. The summed E-state index contributed by atoms with van der Waals surface area (Å²) in [4.78, 5) is 17.3. The second-order valence-electron chi connectivity index (χ2n) is 6.73. The molecular weight excluding hydrogens is 316 g/mol. The molecule has 0 bridgehead atoms. The van der Waals surface area contributed by atoms with Crippen molar-refractivity contribution in [2.75, 3.05) is 6.54 Å². The van der Waals surface area contributed by atoms with Gasteiger partial charge in [-0.25, -0.2) is 0 Å². The van der Waals surface area contributed by atoms with Crippen LogP contribution in [0.25, 0.3) is 0 Å². The van der Waals surface area contributed by atoms with Crippen LogP contribution in [-0.4, -0.2) is 17.4 Å². The number of aromatic nitrogens is 1. The maximum Gasteiger partial charge on any atom is 0.237 e. The van der Waals surface area contributed by atoms with Gasteiger partial charge >= 0.3 is 0 Å². The highest BCUT2D eigenvalue weighted by molar-refractivity contribution is 7.77. The largest absolute Gasteiger partial charge is 0.758 e. The van der Waals surface area contributed by atoms with E-state index in [0.717, 1.165) is 0 Å². The first-order chi connectivity index (χ1) is 11.3. The highest BCUT2D eigenvalue weighted by Gasteiger charge is 2.28. The van der Waals surface area contributed by atoms with E-state index in [-0.39, 0.29) is 11.2 Å². The molecule has 24 heavy (non-hydrogen) atoms. The SMILES string of the molecule is CCN=C([S-])C(C(=O)c1ccc(C(C)(C)C)cc1)[n+]1ccccc1. The molecule has 2 rings (SSSR count). The van der Waals surface area contributed by atoms with E-state index in [2.05, 4.69) is 25.8 Å². The van der Waals surface area contributed by atoms with E-state index in [0.29, 0.717) is 17.2 Å². The van der Waals surface area contributed by atoms with E-state index in [4.69, 9.17) is 12.6 Å². The summed E-state index contributed by atoms with van der Waals surface area (Å²) in [5.74, 6) is -0.0335. The fourth-order valence-electron chi connectivity index (χ4n) is 2.49. The van der Waals surface area contributed by atoms with Crippen molar-refractivity contribution in [2.45, 2.75) is 39.2 Å². The summed E-state index contributed by atoms with van der Waals surface area (Å²) < 4.78 is 1.82. The Morgan fingerprint density at radius 2 is 1.71 bits per heavy atom. The molecule has 126 valence electrons. The Morgan fingerprint density at radius 1 is 1.12 bits per heavy atom. The number of aliphatic imine (C=N–C) groups is 1. The topological polar surface area (TPSA) is 33.3 Å². The van der Waals surface area contributed by atoms with Crippen molar-refractivity contribution < 1.29 is 9.36 Å². The first-order valence-electron chi connectivity index (χ1n) is 8.16. The molecular formula is C20H24N2OS. The number of carbonyl (C=O) groups excluding carboxylic acids is 1. The summed E-state index contributed by atoms with van der Waals surface area (Å²) >= 11 is 5.41. The van der Waals surface area contributed by atoms with Gasteiger partial charge in [-0.15, -0.1) is 0 Å². The summed E-state index contributed by atoms with van der Waals surface area (Å²) in [6, 6.07) is 12.9. The van der Waals surface area contributed by atoms with Gasteiger partial charge in [-0.05, 0) is 22.9 Å². The summed E-state index contributed by atoms with van der Waals surface area (Å²) in [5, 5.41) is 0.415. The quantitative estimate of drug-likeness (QED) is 0.274. The Morgan fingerprint density at radius 3 is 2.21 bits per heavy atom. The van der Waals surface area contributed by atoms with E-state index in [1.165, 1.54) is 5.56 Å². The van der Waals surface area contributed by atoms with Gasteiger partial charge in [0.05, 0.1) is 0 Å². The smallest absolute Gasteiger partial charge is 0.237 e. The first-order valence-corrected chi connectivity index (χ1v) is 8.57. The molecule has 0 radical (unpaired) electrons. The molecule has 0 N–H and O–H groups in total. The molecule has 3 nitrogen and oxygen atoms in total. The number of rotatable bonds is 5. The van der Waals surface area contributed by atoms with Gasteiger partial charge in [0, 0.05) is 24.2 Å². The van der Waals surface area contributed by atoms with Gasteiger partial charge < -0.3 is 17.6 Å². The van der Waals surface area contributed by atoms with Crippen LogP contribution in [0, 0.1) is 0 Å². The zero-order valence-electron chi connectivity index (χ0n) is 14.7. The Labute approximate surface area is 149 Å². The van der Waals surface area contributed by atoms with Gasteiger partial charge in [-0.3, -0.25) is 4.79 Å². The van der Waals surface area contributed by atoms with Gasteiger partial charge in [0.2, 0.25) is 11.8 Å². The Kier molecular flexibility index (Phi) is 5.84. The van der Waals surface area contributed by atoms with Gasteiger partial charge in [0.1, 0.15) is 0 Å². The Balaban J connectivity index is 2.40. The minimum atomic E-state index is -0.582. The predicted octanol–water partition coefficient (Wildman–Crippen LogP) is 3.66. The molecule has 1 unspecified atom stereocenters. The van der Waals surface area contributed by atoms with E-state index < -0.39 is 6.04 Å².